The van der Waals surface area contributed by atoms with E-state index < -0.39 is 28.4 Å². The van der Waals surface area contributed by atoms with Crippen molar-refractivity contribution in [1.82, 2.24) is 0 Å². The van der Waals surface area contributed by atoms with Crippen LogP contribution in [0, 0.1) is 5.82 Å². The number of carboxylic acid groups (broad SMARTS) is 1. The van der Waals surface area contributed by atoms with Gasteiger partial charge in [-0.2, -0.15) is 0 Å². The number of nitrogens with zero attached hydrogens (tertiary/aromatic N) is 1. The van der Waals surface area contributed by atoms with Gasteiger partial charge in [0.05, 0.1) is 10.6 Å². The second-order valence-corrected chi connectivity index (χ2v) is 6.06. The van der Waals surface area contributed by atoms with Crippen molar-refractivity contribution in [3.63, 3.8) is 0 Å². The first-order valence-electron chi connectivity index (χ1n) is 5.96. The lowest BCUT2D eigenvalue weighted by atomic mass is 10.3. The Morgan fingerprint density at radius 3 is 2.33 bits per heavy atom. The average molecular weight is 309 g/mol. The fourth-order valence-corrected chi connectivity index (χ4v) is 3.23. The number of benzene rings is 2. The highest BCUT2D eigenvalue weighted by atomic mass is 32.2. The maximum Gasteiger partial charge on any atom is 0.324 e. The Morgan fingerprint density at radius 2 is 1.76 bits per heavy atom. The number of carbonyl (C=O) groups is 1. The quantitative estimate of drug-likeness (QED) is 0.918. The Morgan fingerprint density at radius 1 is 1.10 bits per heavy atom. The molecule has 0 atom stereocenters. The largest absolute Gasteiger partial charge is 0.480 e. The molecule has 0 saturated heterocycles. The van der Waals surface area contributed by atoms with Crippen LogP contribution in [0.3, 0.4) is 0 Å². The Kier molecular flexibility index (Phi) is 4.23. The first-order valence-corrected chi connectivity index (χ1v) is 7.40. The van der Waals surface area contributed by atoms with Gasteiger partial charge >= 0.3 is 5.97 Å². The van der Waals surface area contributed by atoms with E-state index in [4.69, 9.17) is 5.11 Å². The summed E-state index contributed by atoms with van der Waals surface area (Å²) in [6.07, 6.45) is 0. The van der Waals surface area contributed by atoms with Gasteiger partial charge in [0.1, 0.15) is 12.4 Å². The van der Waals surface area contributed by atoms with Gasteiger partial charge in [-0.3, -0.25) is 9.10 Å². The molecule has 0 bridgehead atoms. The van der Waals surface area contributed by atoms with Crippen molar-refractivity contribution < 1.29 is 22.7 Å². The molecule has 0 aliphatic heterocycles. The zero-order valence-corrected chi connectivity index (χ0v) is 11.6. The summed E-state index contributed by atoms with van der Waals surface area (Å²) in [4.78, 5) is 10.6. The number of aliphatic carboxylic acids is 1. The number of rotatable bonds is 5. The lowest BCUT2D eigenvalue weighted by Gasteiger charge is -2.22. The molecule has 2 aromatic rings. The van der Waals surface area contributed by atoms with Gasteiger partial charge in [-0.25, -0.2) is 12.8 Å². The van der Waals surface area contributed by atoms with Crippen molar-refractivity contribution in [2.45, 2.75) is 4.90 Å². The van der Waals surface area contributed by atoms with Crippen LogP contribution in [0.5, 0.6) is 0 Å². The minimum absolute atomic E-state index is 0.198. The van der Waals surface area contributed by atoms with Crippen LogP contribution in [0.4, 0.5) is 10.1 Å². The van der Waals surface area contributed by atoms with E-state index in [1.165, 1.54) is 24.3 Å². The fourth-order valence-electron chi connectivity index (χ4n) is 1.79. The lowest BCUT2D eigenvalue weighted by Crippen LogP contribution is -2.35. The summed E-state index contributed by atoms with van der Waals surface area (Å²) in [5.74, 6) is -2.02. The van der Waals surface area contributed by atoms with Gasteiger partial charge < -0.3 is 5.11 Å². The molecule has 110 valence electrons. The maximum absolute atomic E-state index is 13.2. The van der Waals surface area contributed by atoms with Crippen LogP contribution in [0.2, 0.25) is 0 Å². The van der Waals surface area contributed by atoms with E-state index in [1.54, 1.807) is 18.2 Å². The second kappa shape index (κ2) is 5.92. The van der Waals surface area contributed by atoms with Crippen LogP contribution in [-0.2, 0) is 14.8 Å². The van der Waals surface area contributed by atoms with Crippen LogP contribution in [0.1, 0.15) is 0 Å². The van der Waals surface area contributed by atoms with Gasteiger partial charge in [0.25, 0.3) is 10.0 Å². The molecule has 21 heavy (non-hydrogen) atoms. The van der Waals surface area contributed by atoms with Gasteiger partial charge in [0.2, 0.25) is 0 Å². The molecule has 0 aliphatic rings. The molecule has 0 fully saturated rings. The van der Waals surface area contributed by atoms with E-state index in [9.17, 15) is 17.6 Å². The third-order valence-electron chi connectivity index (χ3n) is 2.71. The van der Waals surface area contributed by atoms with Crippen LogP contribution in [0.15, 0.2) is 59.5 Å². The molecular formula is C14H12FNO4S. The highest BCUT2D eigenvalue weighted by molar-refractivity contribution is 7.92. The Balaban J connectivity index is 2.52. The molecule has 1 N–H and O–H groups in total. The number of sulfonamides is 1. The Bertz CT molecular complexity index is 747. The van der Waals surface area contributed by atoms with Crippen molar-refractivity contribution >= 4 is 21.7 Å². The zero-order chi connectivity index (χ0) is 15.5. The minimum Gasteiger partial charge on any atom is -0.480 e. The third kappa shape index (κ3) is 3.38. The van der Waals surface area contributed by atoms with Gasteiger partial charge in [-0.15, -0.1) is 0 Å². The fraction of sp³-hybridized carbons (Fsp3) is 0.0714. The summed E-state index contributed by atoms with van der Waals surface area (Å²) in [5, 5.41) is 8.93. The van der Waals surface area contributed by atoms with E-state index in [2.05, 4.69) is 0 Å². The molecule has 0 heterocycles. The minimum atomic E-state index is -4.16. The molecule has 0 radical (unpaired) electrons. The van der Waals surface area contributed by atoms with Crippen molar-refractivity contribution in [3.05, 3.63) is 60.4 Å². The van der Waals surface area contributed by atoms with Crippen LogP contribution < -0.4 is 4.31 Å². The van der Waals surface area contributed by atoms with Crippen molar-refractivity contribution in [2.24, 2.45) is 0 Å². The number of hydrogen-bond donors (Lipinski definition) is 1. The molecule has 2 aromatic carbocycles. The van der Waals surface area contributed by atoms with E-state index in [-0.39, 0.29) is 10.6 Å². The number of carboxylic acids is 1. The van der Waals surface area contributed by atoms with Crippen LogP contribution in [-0.4, -0.2) is 26.0 Å². The van der Waals surface area contributed by atoms with E-state index in [0.29, 0.717) is 0 Å². The average Bonchev–Trinajstić information content (AvgIpc) is 2.45. The van der Waals surface area contributed by atoms with Gasteiger partial charge in [-0.1, -0.05) is 24.3 Å². The lowest BCUT2D eigenvalue weighted by molar-refractivity contribution is -0.135. The van der Waals surface area contributed by atoms with Crippen molar-refractivity contribution in [3.8, 4) is 0 Å². The summed E-state index contributed by atoms with van der Waals surface area (Å²) in [6, 6.07) is 12.2. The molecule has 5 nitrogen and oxygen atoms in total. The summed E-state index contributed by atoms with van der Waals surface area (Å²) in [7, 11) is -4.16. The highest BCUT2D eigenvalue weighted by Gasteiger charge is 2.27. The topological polar surface area (TPSA) is 74.7 Å². The molecule has 0 saturated carbocycles. The standard InChI is InChI=1S/C14H12FNO4S/c15-11-5-4-8-13(9-11)21(19,20)16(10-14(17)18)12-6-2-1-3-7-12/h1-9H,10H2,(H,17,18). The smallest absolute Gasteiger partial charge is 0.324 e. The van der Waals surface area contributed by atoms with E-state index in [1.807, 2.05) is 0 Å². The normalized spacial score (nSPS) is 11.1. The summed E-state index contributed by atoms with van der Waals surface area (Å²) in [5.41, 5.74) is 0.198. The van der Waals surface area contributed by atoms with Gasteiger partial charge in [0, 0.05) is 0 Å². The summed E-state index contributed by atoms with van der Waals surface area (Å²) < 4.78 is 39.0. The first-order chi connectivity index (χ1) is 9.91. The maximum atomic E-state index is 13.2. The highest BCUT2D eigenvalue weighted by Crippen LogP contribution is 2.23. The SMILES string of the molecule is O=C(O)CN(c1ccccc1)S(=O)(=O)c1cccc(F)c1. The molecule has 0 unspecified atom stereocenters. The van der Waals surface area contributed by atoms with Crippen LogP contribution >= 0.6 is 0 Å². The molecular weight excluding hydrogens is 297 g/mol. The van der Waals surface area contributed by atoms with Crippen molar-refractivity contribution in [2.75, 3.05) is 10.8 Å². The summed E-state index contributed by atoms with van der Waals surface area (Å²) in [6.45, 7) is -0.747. The van der Waals surface area contributed by atoms with E-state index >= 15 is 0 Å². The van der Waals surface area contributed by atoms with E-state index in [0.717, 1.165) is 16.4 Å². The zero-order valence-electron chi connectivity index (χ0n) is 10.8. The molecule has 0 amide bonds. The number of halogens is 1. The molecule has 0 aliphatic carbocycles. The number of para-hydroxylation sites is 1. The predicted molar refractivity (Wildman–Crippen MR) is 75.0 cm³/mol. The predicted octanol–water partition coefficient (Wildman–Crippen LogP) is 2.11. The van der Waals surface area contributed by atoms with Crippen molar-refractivity contribution in [1.29, 1.82) is 0 Å². The monoisotopic (exact) mass is 309 g/mol. The van der Waals surface area contributed by atoms with Gasteiger partial charge in [-0.05, 0) is 30.3 Å². The first kappa shape index (κ1) is 15.0. The molecule has 0 spiro atoms. The third-order valence-corrected chi connectivity index (χ3v) is 4.48. The molecule has 2 rings (SSSR count). The number of hydrogen-bond acceptors (Lipinski definition) is 3. The number of anilines is 1. The summed E-state index contributed by atoms with van der Waals surface area (Å²) >= 11 is 0. The van der Waals surface area contributed by atoms with Gasteiger partial charge in [0.15, 0.2) is 0 Å². The second-order valence-electron chi connectivity index (χ2n) is 4.20. The van der Waals surface area contributed by atoms with Crippen LogP contribution in [0.25, 0.3) is 0 Å². The Hall–Kier alpha value is -2.41. The molecule has 7 heteroatoms. The molecule has 0 aromatic heterocycles. The Labute approximate surface area is 121 Å².